The third kappa shape index (κ3) is 4.48. The van der Waals surface area contributed by atoms with Gasteiger partial charge in [-0.2, -0.15) is 0 Å². The van der Waals surface area contributed by atoms with Gasteiger partial charge in [-0.1, -0.05) is 12.1 Å². The molecule has 0 fully saturated rings. The molecule has 0 spiro atoms. The van der Waals surface area contributed by atoms with Crippen LogP contribution in [0.3, 0.4) is 0 Å². The minimum Gasteiger partial charge on any atom is -0.482 e. The zero-order chi connectivity index (χ0) is 11.3. The van der Waals surface area contributed by atoms with Crippen molar-refractivity contribution in [2.75, 3.05) is 13.2 Å². The van der Waals surface area contributed by atoms with Gasteiger partial charge in [-0.15, -0.1) is 12.4 Å². The summed E-state index contributed by atoms with van der Waals surface area (Å²) in [6, 6.07) is 6.48. The smallest absolute Gasteiger partial charge is 0.341 e. The molecule has 0 aromatic heterocycles. The lowest BCUT2D eigenvalue weighted by atomic mass is 10.1. The lowest BCUT2D eigenvalue weighted by Gasteiger charge is -2.08. The van der Waals surface area contributed by atoms with E-state index < -0.39 is 12.1 Å². The highest BCUT2D eigenvalue weighted by atomic mass is 35.5. The number of hydrogen-bond donors (Lipinski definition) is 3. The molecular formula is C10H14ClNO4. The lowest BCUT2D eigenvalue weighted by molar-refractivity contribution is -0.139. The average Bonchev–Trinajstić information content (AvgIpc) is 2.26. The van der Waals surface area contributed by atoms with Gasteiger partial charge in [-0.25, -0.2) is 4.79 Å². The molecule has 0 saturated heterocycles. The second-order valence-electron chi connectivity index (χ2n) is 3.00. The summed E-state index contributed by atoms with van der Waals surface area (Å²) < 4.78 is 4.92. The standard InChI is InChI=1S/C10H13NO4.ClH/c11-5-9(12)7-1-3-8(4-2-7)15-6-10(13)14;/h1-4,9,12H,5-6,11H2,(H,13,14);1H. The fourth-order valence-corrected chi connectivity index (χ4v) is 1.07. The predicted molar refractivity (Wildman–Crippen MR) is 60.8 cm³/mol. The minimum atomic E-state index is -1.03. The number of aliphatic carboxylic acids is 1. The van der Waals surface area contributed by atoms with E-state index in [1.807, 2.05) is 0 Å². The van der Waals surface area contributed by atoms with Crippen LogP contribution in [0.5, 0.6) is 5.75 Å². The number of hydrogen-bond acceptors (Lipinski definition) is 4. The summed E-state index contributed by atoms with van der Waals surface area (Å²) in [5.41, 5.74) is 5.96. The first-order valence-corrected chi connectivity index (χ1v) is 4.46. The Morgan fingerprint density at radius 3 is 2.38 bits per heavy atom. The average molecular weight is 248 g/mol. The van der Waals surface area contributed by atoms with Crippen LogP contribution in [0.2, 0.25) is 0 Å². The maximum atomic E-state index is 10.2. The molecule has 1 rings (SSSR count). The van der Waals surface area contributed by atoms with Crippen LogP contribution in [0.25, 0.3) is 0 Å². The van der Waals surface area contributed by atoms with Crippen molar-refractivity contribution in [2.24, 2.45) is 5.73 Å². The Labute approximate surface area is 99.2 Å². The highest BCUT2D eigenvalue weighted by Crippen LogP contribution is 2.16. The monoisotopic (exact) mass is 247 g/mol. The molecule has 0 amide bonds. The first-order chi connectivity index (χ1) is 7.13. The Kier molecular flexibility index (Phi) is 6.48. The van der Waals surface area contributed by atoms with Crippen molar-refractivity contribution >= 4 is 18.4 Å². The highest BCUT2D eigenvalue weighted by molar-refractivity contribution is 5.85. The van der Waals surface area contributed by atoms with Crippen molar-refractivity contribution in [2.45, 2.75) is 6.10 Å². The number of carbonyl (C=O) groups is 1. The van der Waals surface area contributed by atoms with Gasteiger partial charge >= 0.3 is 5.97 Å². The second-order valence-corrected chi connectivity index (χ2v) is 3.00. The van der Waals surface area contributed by atoms with Gasteiger partial charge in [0.25, 0.3) is 0 Å². The molecule has 0 aliphatic heterocycles. The van der Waals surface area contributed by atoms with Crippen LogP contribution >= 0.6 is 12.4 Å². The van der Waals surface area contributed by atoms with Crippen molar-refractivity contribution in [1.82, 2.24) is 0 Å². The molecule has 1 aromatic rings. The van der Waals surface area contributed by atoms with E-state index in [0.29, 0.717) is 11.3 Å². The van der Waals surface area contributed by atoms with Crippen LogP contribution in [0, 0.1) is 0 Å². The summed E-state index contributed by atoms with van der Waals surface area (Å²) in [6.07, 6.45) is -0.696. The summed E-state index contributed by atoms with van der Waals surface area (Å²) in [5.74, 6) is -0.577. The largest absolute Gasteiger partial charge is 0.482 e. The third-order valence-electron chi connectivity index (χ3n) is 1.85. The van der Waals surface area contributed by atoms with Gasteiger partial charge in [0.2, 0.25) is 0 Å². The molecule has 90 valence electrons. The molecule has 16 heavy (non-hydrogen) atoms. The maximum absolute atomic E-state index is 10.2. The molecule has 1 aromatic carbocycles. The fraction of sp³-hybridized carbons (Fsp3) is 0.300. The Balaban J connectivity index is 0.00000225. The van der Waals surface area contributed by atoms with Crippen molar-refractivity contribution in [3.63, 3.8) is 0 Å². The van der Waals surface area contributed by atoms with E-state index in [9.17, 15) is 9.90 Å². The van der Waals surface area contributed by atoms with Crippen LogP contribution < -0.4 is 10.5 Å². The summed E-state index contributed by atoms with van der Waals surface area (Å²) in [4.78, 5) is 10.2. The molecule has 4 N–H and O–H groups in total. The highest BCUT2D eigenvalue weighted by Gasteiger charge is 2.05. The summed E-state index contributed by atoms with van der Waals surface area (Å²) in [6.45, 7) is -0.228. The van der Waals surface area contributed by atoms with Crippen molar-refractivity contribution < 1.29 is 19.7 Å². The Morgan fingerprint density at radius 2 is 1.94 bits per heavy atom. The molecular weight excluding hydrogens is 234 g/mol. The summed E-state index contributed by atoms with van der Waals surface area (Å²) in [5, 5.41) is 17.8. The lowest BCUT2D eigenvalue weighted by Crippen LogP contribution is -2.12. The number of halogens is 1. The Morgan fingerprint density at radius 1 is 1.38 bits per heavy atom. The van der Waals surface area contributed by atoms with E-state index in [0.717, 1.165) is 0 Å². The fourth-order valence-electron chi connectivity index (χ4n) is 1.07. The van der Waals surface area contributed by atoms with Gasteiger partial charge in [-0.05, 0) is 17.7 Å². The summed E-state index contributed by atoms with van der Waals surface area (Å²) >= 11 is 0. The van der Waals surface area contributed by atoms with Crippen LogP contribution in [0.15, 0.2) is 24.3 Å². The number of nitrogens with two attached hydrogens (primary N) is 1. The molecule has 0 aliphatic carbocycles. The molecule has 5 nitrogen and oxygen atoms in total. The van der Waals surface area contributed by atoms with Crippen molar-refractivity contribution in [3.05, 3.63) is 29.8 Å². The topological polar surface area (TPSA) is 92.8 Å². The number of benzene rings is 1. The predicted octanol–water partition coefficient (Wildman–Crippen LogP) is 0.564. The second kappa shape index (κ2) is 7.05. The van der Waals surface area contributed by atoms with Gasteiger partial charge in [0.05, 0.1) is 6.10 Å². The van der Waals surface area contributed by atoms with Gasteiger partial charge in [-0.3, -0.25) is 0 Å². The van der Waals surface area contributed by atoms with Crippen LogP contribution in [0.1, 0.15) is 11.7 Å². The molecule has 0 aliphatic rings. The summed E-state index contributed by atoms with van der Waals surface area (Å²) in [7, 11) is 0. The Bertz CT molecular complexity index is 328. The molecule has 0 saturated carbocycles. The zero-order valence-corrected chi connectivity index (χ0v) is 9.31. The van der Waals surface area contributed by atoms with E-state index in [1.165, 1.54) is 0 Å². The van der Waals surface area contributed by atoms with Crippen molar-refractivity contribution in [1.29, 1.82) is 0 Å². The van der Waals surface area contributed by atoms with Crippen LogP contribution in [-0.4, -0.2) is 29.3 Å². The van der Waals surface area contributed by atoms with E-state index in [1.54, 1.807) is 24.3 Å². The Hall–Kier alpha value is -1.30. The van der Waals surface area contributed by atoms with E-state index >= 15 is 0 Å². The van der Waals surface area contributed by atoms with Gasteiger partial charge in [0.1, 0.15) is 5.75 Å². The first kappa shape index (κ1) is 14.7. The number of carboxylic acid groups (broad SMARTS) is 1. The molecule has 1 unspecified atom stereocenters. The maximum Gasteiger partial charge on any atom is 0.341 e. The number of aliphatic hydroxyl groups excluding tert-OH is 1. The molecule has 0 bridgehead atoms. The SMILES string of the molecule is Cl.NCC(O)c1ccc(OCC(=O)O)cc1. The van der Waals surface area contributed by atoms with Gasteiger partial charge in [0.15, 0.2) is 6.61 Å². The molecule has 6 heteroatoms. The minimum absolute atomic E-state index is 0. The van der Waals surface area contributed by atoms with Crippen molar-refractivity contribution in [3.8, 4) is 5.75 Å². The normalized spacial score (nSPS) is 11.4. The zero-order valence-electron chi connectivity index (χ0n) is 8.50. The number of carboxylic acids is 1. The molecule has 0 heterocycles. The van der Waals surface area contributed by atoms with E-state index in [4.69, 9.17) is 15.6 Å². The number of ether oxygens (including phenoxy) is 1. The molecule has 1 atom stereocenters. The van der Waals surface area contributed by atoms with Gasteiger partial charge in [0, 0.05) is 6.54 Å². The van der Waals surface area contributed by atoms with Crippen LogP contribution in [-0.2, 0) is 4.79 Å². The first-order valence-electron chi connectivity index (χ1n) is 4.46. The number of aliphatic hydroxyl groups is 1. The quantitative estimate of drug-likeness (QED) is 0.707. The third-order valence-corrected chi connectivity index (χ3v) is 1.85. The van der Waals surface area contributed by atoms with Crippen LogP contribution in [0.4, 0.5) is 0 Å². The van der Waals surface area contributed by atoms with E-state index in [2.05, 4.69) is 0 Å². The number of rotatable bonds is 5. The molecule has 0 radical (unpaired) electrons. The van der Waals surface area contributed by atoms with Gasteiger partial charge < -0.3 is 20.7 Å². The van der Waals surface area contributed by atoms with E-state index in [-0.39, 0.29) is 25.6 Å².